The van der Waals surface area contributed by atoms with Gasteiger partial charge in [0.2, 0.25) is 0 Å². The first kappa shape index (κ1) is 12.0. The van der Waals surface area contributed by atoms with E-state index in [9.17, 15) is 4.39 Å². The summed E-state index contributed by atoms with van der Waals surface area (Å²) in [5.41, 5.74) is 5.01. The molecule has 19 heavy (non-hydrogen) atoms. The topological polar surface area (TPSA) is 15.8 Å². The van der Waals surface area contributed by atoms with E-state index >= 15 is 0 Å². The van der Waals surface area contributed by atoms with E-state index in [1.165, 1.54) is 11.6 Å². The first-order valence-corrected chi connectivity index (χ1v) is 6.56. The summed E-state index contributed by atoms with van der Waals surface area (Å²) < 4.78 is 14.1. The SMILES string of the molecule is CCc1cc(-c2c(C)cccc2F)cc2cc[nH]c12. The molecule has 1 N–H and O–H groups in total. The zero-order chi connectivity index (χ0) is 13.4. The van der Waals surface area contributed by atoms with Gasteiger partial charge in [0.05, 0.1) is 0 Å². The summed E-state index contributed by atoms with van der Waals surface area (Å²) in [6.45, 7) is 4.07. The lowest BCUT2D eigenvalue weighted by Gasteiger charge is -2.10. The van der Waals surface area contributed by atoms with Gasteiger partial charge in [-0.1, -0.05) is 19.1 Å². The molecule has 0 amide bonds. The Morgan fingerprint density at radius 2 is 2.00 bits per heavy atom. The Bertz CT molecular complexity index is 720. The van der Waals surface area contributed by atoms with Crippen LogP contribution in [0.5, 0.6) is 0 Å². The van der Waals surface area contributed by atoms with E-state index in [1.807, 2.05) is 25.3 Å². The monoisotopic (exact) mass is 253 g/mol. The Hall–Kier alpha value is -2.09. The summed E-state index contributed by atoms with van der Waals surface area (Å²) in [6.07, 6.45) is 2.86. The van der Waals surface area contributed by atoms with Crippen molar-refractivity contribution in [2.75, 3.05) is 0 Å². The van der Waals surface area contributed by atoms with Crippen LogP contribution in [0, 0.1) is 12.7 Å². The van der Waals surface area contributed by atoms with Crippen molar-refractivity contribution >= 4 is 10.9 Å². The molecule has 1 aromatic heterocycles. The zero-order valence-corrected chi connectivity index (χ0v) is 11.1. The number of aryl methyl sites for hydroxylation is 2. The van der Waals surface area contributed by atoms with Crippen molar-refractivity contribution in [2.45, 2.75) is 20.3 Å². The van der Waals surface area contributed by atoms with Gasteiger partial charge < -0.3 is 4.98 Å². The van der Waals surface area contributed by atoms with Gasteiger partial charge in [-0.05, 0) is 54.3 Å². The van der Waals surface area contributed by atoms with Crippen LogP contribution in [-0.2, 0) is 6.42 Å². The summed E-state index contributed by atoms with van der Waals surface area (Å²) in [5.74, 6) is -0.156. The van der Waals surface area contributed by atoms with Gasteiger partial charge in [0.1, 0.15) is 5.82 Å². The highest BCUT2D eigenvalue weighted by Crippen LogP contribution is 2.31. The average molecular weight is 253 g/mol. The fourth-order valence-corrected chi connectivity index (χ4v) is 2.67. The molecule has 1 nitrogen and oxygen atoms in total. The smallest absolute Gasteiger partial charge is 0.131 e. The molecule has 2 heteroatoms. The summed E-state index contributed by atoms with van der Waals surface area (Å²) in [6, 6.07) is 11.4. The third-order valence-corrected chi connectivity index (χ3v) is 3.63. The summed E-state index contributed by atoms with van der Waals surface area (Å²) in [4.78, 5) is 3.25. The van der Waals surface area contributed by atoms with Crippen molar-refractivity contribution < 1.29 is 4.39 Å². The van der Waals surface area contributed by atoms with Gasteiger partial charge in [-0.25, -0.2) is 4.39 Å². The molecule has 0 unspecified atom stereocenters. The minimum absolute atomic E-state index is 0.156. The van der Waals surface area contributed by atoms with E-state index in [0.717, 1.165) is 28.5 Å². The molecule has 3 rings (SSSR count). The minimum Gasteiger partial charge on any atom is -0.361 e. The second kappa shape index (κ2) is 4.54. The van der Waals surface area contributed by atoms with Crippen molar-refractivity contribution in [3.63, 3.8) is 0 Å². The Kier molecular flexibility index (Phi) is 2.86. The van der Waals surface area contributed by atoms with Gasteiger partial charge in [0.15, 0.2) is 0 Å². The van der Waals surface area contributed by atoms with Gasteiger partial charge >= 0.3 is 0 Å². The number of nitrogens with one attached hydrogen (secondary N) is 1. The number of aromatic amines is 1. The quantitative estimate of drug-likeness (QED) is 0.672. The van der Waals surface area contributed by atoms with E-state index in [1.54, 1.807) is 6.07 Å². The number of fused-ring (bicyclic) bond motifs is 1. The minimum atomic E-state index is -0.156. The van der Waals surface area contributed by atoms with E-state index < -0.39 is 0 Å². The second-order valence-corrected chi connectivity index (χ2v) is 4.86. The lowest BCUT2D eigenvalue weighted by molar-refractivity contribution is 0.630. The van der Waals surface area contributed by atoms with Crippen LogP contribution in [0.25, 0.3) is 22.0 Å². The van der Waals surface area contributed by atoms with Crippen LogP contribution in [-0.4, -0.2) is 4.98 Å². The maximum Gasteiger partial charge on any atom is 0.131 e. The molecule has 0 saturated heterocycles. The molecule has 1 heterocycles. The molecule has 0 spiro atoms. The van der Waals surface area contributed by atoms with E-state index in [0.29, 0.717) is 5.56 Å². The zero-order valence-electron chi connectivity index (χ0n) is 11.1. The Morgan fingerprint density at radius 3 is 2.74 bits per heavy atom. The van der Waals surface area contributed by atoms with E-state index in [2.05, 4.69) is 24.0 Å². The van der Waals surface area contributed by atoms with Gasteiger partial charge in [-0.2, -0.15) is 0 Å². The summed E-state index contributed by atoms with van der Waals surface area (Å²) in [7, 11) is 0. The Labute approximate surface area is 112 Å². The lowest BCUT2D eigenvalue weighted by atomic mass is 9.96. The predicted molar refractivity (Wildman–Crippen MR) is 77.8 cm³/mol. The number of rotatable bonds is 2. The highest BCUT2D eigenvalue weighted by Gasteiger charge is 2.11. The number of halogens is 1. The summed E-state index contributed by atoms with van der Waals surface area (Å²) in [5, 5.41) is 1.14. The van der Waals surface area contributed by atoms with Gasteiger partial charge in [0.25, 0.3) is 0 Å². The van der Waals surface area contributed by atoms with Crippen molar-refractivity contribution in [3.8, 4) is 11.1 Å². The molecule has 2 aromatic carbocycles. The first-order chi connectivity index (χ1) is 9.20. The fourth-order valence-electron chi connectivity index (χ4n) is 2.67. The highest BCUT2D eigenvalue weighted by atomic mass is 19.1. The Morgan fingerprint density at radius 1 is 1.16 bits per heavy atom. The summed E-state index contributed by atoms with van der Waals surface area (Å²) >= 11 is 0. The van der Waals surface area contributed by atoms with Crippen LogP contribution >= 0.6 is 0 Å². The molecule has 0 aliphatic carbocycles. The van der Waals surface area contributed by atoms with Crippen molar-refractivity contribution in [3.05, 3.63) is 59.5 Å². The van der Waals surface area contributed by atoms with Crippen molar-refractivity contribution in [1.29, 1.82) is 0 Å². The standard InChI is InChI=1S/C17H16FN/c1-3-12-9-14(10-13-7-8-19-17(12)13)16-11(2)5-4-6-15(16)18/h4-10,19H,3H2,1-2H3. The number of H-pyrrole nitrogens is 1. The molecule has 0 radical (unpaired) electrons. The van der Waals surface area contributed by atoms with Crippen LogP contribution in [0.2, 0.25) is 0 Å². The normalized spacial score (nSPS) is 11.1. The Balaban J connectivity index is 2.31. The second-order valence-electron chi connectivity index (χ2n) is 4.86. The maximum absolute atomic E-state index is 14.1. The van der Waals surface area contributed by atoms with Gasteiger partial charge in [-0.3, -0.25) is 0 Å². The van der Waals surface area contributed by atoms with Crippen LogP contribution in [0.1, 0.15) is 18.1 Å². The van der Waals surface area contributed by atoms with Gasteiger partial charge in [0, 0.05) is 22.7 Å². The molecular formula is C17H16FN. The van der Waals surface area contributed by atoms with Crippen LogP contribution in [0.15, 0.2) is 42.6 Å². The fraction of sp³-hybridized carbons (Fsp3) is 0.176. The highest BCUT2D eigenvalue weighted by molar-refractivity contribution is 5.88. The molecular weight excluding hydrogens is 237 g/mol. The van der Waals surface area contributed by atoms with Crippen LogP contribution < -0.4 is 0 Å². The lowest BCUT2D eigenvalue weighted by Crippen LogP contribution is -1.91. The van der Waals surface area contributed by atoms with Gasteiger partial charge in [-0.15, -0.1) is 0 Å². The molecule has 0 saturated carbocycles. The molecule has 0 aliphatic heterocycles. The average Bonchev–Trinajstić information content (AvgIpc) is 2.85. The van der Waals surface area contributed by atoms with Crippen LogP contribution in [0.3, 0.4) is 0 Å². The largest absolute Gasteiger partial charge is 0.361 e. The van der Waals surface area contributed by atoms with Crippen molar-refractivity contribution in [2.24, 2.45) is 0 Å². The third-order valence-electron chi connectivity index (χ3n) is 3.63. The molecule has 0 atom stereocenters. The van der Waals surface area contributed by atoms with E-state index in [-0.39, 0.29) is 5.82 Å². The third kappa shape index (κ3) is 1.93. The molecule has 0 bridgehead atoms. The molecule has 3 aromatic rings. The van der Waals surface area contributed by atoms with E-state index in [4.69, 9.17) is 0 Å². The number of benzene rings is 2. The first-order valence-electron chi connectivity index (χ1n) is 6.56. The molecule has 0 aliphatic rings. The molecule has 96 valence electrons. The predicted octanol–water partition coefficient (Wildman–Crippen LogP) is 4.84. The number of aromatic nitrogens is 1. The maximum atomic E-state index is 14.1. The number of hydrogen-bond donors (Lipinski definition) is 1. The van der Waals surface area contributed by atoms with Crippen molar-refractivity contribution in [1.82, 2.24) is 4.98 Å². The van der Waals surface area contributed by atoms with Crippen LogP contribution in [0.4, 0.5) is 4.39 Å². The molecule has 0 fully saturated rings. The number of hydrogen-bond acceptors (Lipinski definition) is 0.